The molecule has 0 fully saturated rings. The average Bonchev–Trinajstić information content (AvgIpc) is 3.20. The molecule has 3 aromatic rings. The smallest absolute Gasteiger partial charge is 0.288 e. The monoisotopic (exact) mass is 430 g/mol. The maximum Gasteiger partial charge on any atom is 0.288 e. The first kappa shape index (κ1) is 21.4. The molecule has 1 heterocycles. The van der Waals surface area contributed by atoms with Crippen molar-refractivity contribution in [3.63, 3.8) is 0 Å². The number of aryl methyl sites for hydroxylation is 1. The van der Waals surface area contributed by atoms with Gasteiger partial charge in [-0.3, -0.25) is 4.79 Å². The van der Waals surface area contributed by atoms with Crippen LogP contribution in [0.4, 0.5) is 0 Å². The lowest BCUT2D eigenvalue weighted by atomic mass is 9.98. The van der Waals surface area contributed by atoms with E-state index >= 15 is 0 Å². The molecule has 3 rings (SSSR count). The minimum absolute atomic E-state index is 0.0169. The minimum atomic E-state index is -0.224. The largest absolute Gasteiger partial charge is 0.436 e. The van der Waals surface area contributed by atoms with Crippen molar-refractivity contribution in [1.82, 2.24) is 10.3 Å². The van der Waals surface area contributed by atoms with E-state index in [9.17, 15) is 4.79 Å². The first-order valence-corrected chi connectivity index (χ1v) is 10.6. The number of hydrogen-bond acceptors (Lipinski definition) is 3. The molecule has 0 aliphatic rings. The van der Waals surface area contributed by atoms with Crippen molar-refractivity contribution >= 4 is 29.1 Å². The van der Waals surface area contributed by atoms with Crippen molar-refractivity contribution in [2.45, 2.75) is 45.6 Å². The van der Waals surface area contributed by atoms with E-state index in [-0.39, 0.29) is 17.7 Å². The number of aromatic nitrogens is 1. The van der Waals surface area contributed by atoms with Crippen molar-refractivity contribution in [2.24, 2.45) is 0 Å². The zero-order valence-corrected chi connectivity index (χ0v) is 18.1. The van der Waals surface area contributed by atoms with E-state index in [0.29, 0.717) is 22.4 Å². The summed E-state index contributed by atoms with van der Waals surface area (Å²) in [6, 6.07) is 13.6. The number of oxazole rings is 1. The number of carbonyl (C=O) groups excluding carboxylic acids is 1. The van der Waals surface area contributed by atoms with Crippen LogP contribution in [0.3, 0.4) is 0 Å². The van der Waals surface area contributed by atoms with Crippen LogP contribution in [0.2, 0.25) is 10.0 Å². The molecular weight excluding hydrogens is 407 g/mol. The second-order valence-corrected chi connectivity index (χ2v) is 7.80. The molecule has 1 N–H and O–H groups in total. The summed E-state index contributed by atoms with van der Waals surface area (Å²) in [5.41, 5.74) is 3.05. The molecule has 0 aliphatic heterocycles. The Labute approximate surface area is 181 Å². The average molecular weight is 431 g/mol. The lowest BCUT2D eigenvalue weighted by molar-refractivity contribution is 0.0905. The highest BCUT2D eigenvalue weighted by Gasteiger charge is 2.17. The van der Waals surface area contributed by atoms with Crippen LogP contribution in [0, 0.1) is 0 Å². The Bertz CT molecular complexity index is 967. The highest BCUT2D eigenvalue weighted by Crippen LogP contribution is 2.30. The normalized spacial score (nSPS) is 12.0. The van der Waals surface area contributed by atoms with Gasteiger partial charge in [-0.05, 0) is 42.2 Å². The van der Waals surface area contributed by atoms with E-state index in [4.69, 9.17) is 27.6 Å². The molecule has 0 spiro atoms. The lowest BCUT2D eigenvalue weighted by Crippen LogP contribution is -2.36. The van der Waals surface area contributed by atoms with Gasteiger partial charge in [-0.1, -0.05) is 67.7 Å². The summed E-state index contributed by atoms with van der Waals surface area (Å²) in [5.74, 6) is 0.601. The van der Waals surface area contributed by atoms with Gasteiger partial charge >= 0.3 is 0 Å². The number of amides is 1. The highest BCUT2D eigenvalue weighted by atomic mass is 35.5. The highest BCUT2D eigenvalue weighted by molar-refractivity contribution is 6.35. The van der Waals surface area contributed by atoms with Gasteiger partial charge in [-0.2, -0.15) is 0 Å². The SMILES string of the molecule is CCC[C@@H](Cc1ccc(-c2cc(Cl)ccc2Cl)cc1)NC(=O)c1cnc(CC)o1. The van der Waals surface area contributed by atoms with Crippen LogP contribution >= 0.6 is 23.2 Å². The van der Waals surface area contributed by atoms with E-state index in [1.165, 1.54) is 6.20 Å². The van der Waals surface area contributed by atoms with Crippen LogP contribution in [0.5, 0.6) is 0 Å². The Hall–Kier alpha value is -2.30. The number of hydrogen-bond donors (Lipinski definition) is 1. The molecule has 6 heteroatoms. The third kappa shape index (κ3) is 5.62. The Kier molecular flexibility index (Phi) is 7.34. The fraction of sp³-hybridized carbons (Fsp3) is 0.304. The molecule has 0 radical (unpaired) electrons. The van der Waals surface area contributed by atoms with E-state index in [1.807, 2.05) is 25.1 Å². The predicted molar refractivity (Wildman–Crippen MR) is 118 cm³/mol. The molecule has 4 nitrogen and oxygen atoms in total. The third-order valence-corrected chi connectivity index (χ3v) is 5.29. The summed E-state index contributed by atoms with van der Waals surface area (Å²) in [6.45, 7) is 4.04. The Morgan fingerprint density at radius 2 is 1.90 bits per heavy atom. The fourth-order valence-corrected chi connectivity index (χ4v) is 3.63. The summed E-state index contributed by atoms with van der Waals surface area (Å²) >= 11 is 12.4. The van der Waals surface area contributed by atoms with Gasteiger partial charge in [-0.25, -0.2) is 4.98 Å². The van der Waals surface area contributed by atoms with Gasteiger partial charge in [0, 0.05) is 28.1 Å². The predicted octanol–water partition coefficient (Wildman–Crippen LogP) is 6.35. The summed E-state index contributed by atoms with van der Waals surface area (Å²) in [4.78, 5) is 16.6. The number of nitrogens with zero attached hydrogens (tertiary/aromatic N) is 1. The van der Waals surface area contributed by atoms with Crippen LogP contribution in [-0.2, 0) is 12.8 Å². The van der Waals surface area contributed by atoms with E-state index in [0.717, 1.165) is 36.0 Å². The molecule has 29 heavy (non-hydrogen) atoms. The maximum atomic E-state index is 12.5. The fourth-order valence-electron chi connectivity index (χ4n) is 3.23. The van der Waals surface area contributed by atoms with Gasteiger partial charge < -0.3 is 9.73 Å². The van der Waals surface area contributed by atoms with Crippen molar-refractivity contribution in [2.75, 3.05) is 0 Å². The topological polar surface area (TPSA) is 55.1 Å². The first-order chi connectivity index (χ1) is 14.0. The van der Waals surface area contributed by atoms with E-state index in [2.05, 4.69) is 29.4 Å². The molecule has 0 saturated heterocycles. The zero-order chi connectivity index (χ0) is 20.8. The van der Waals surface area contributed by atoms with Gasteiger partial charge in [0.05, 0.1) is 6.20 Å². The van der Waals surface area contributed by atoms with Crippen LogP contribution in [0.1, 0.15) is 48.7 Å². The molecule has 0 saturated carbocycles. The molecule has 1 amide bonds. The number of benzene rings is 2. The van der Waals surface area contributed by atoms with Crippen molar-refractivity contribution in [1.29, 1.82) is 0 Å². The molecule has 1 aromatic heterocycles. The molecular formula is C23H24Cl2N2O2. The molecule has 152 valence electrons. The van der Waals surface area contributed by atoms with Gasteiger partial charge in [0.2, 0.25) is 5.76 Å². The maximum absolute atomic E-state index is 12.5. The van der Waals surface area contributed by atoms with Gasteiger partial charge in [0.25, 0.3) is 5.91 Å². The van der Waals surface area contributed by atoms with E-state index < -0.39 is 0 Å². The standard InChI is InChI=1S/C23H24Cl2N2O2/c1-3-5-18(27-23(28)21-14-26-22(4-2)29-21)12-15-6-8-16(9-7-15)19-13-17(24)10-11-20(19)25/h6-11,13-14,18H,3-5,12H2,1-2H3,(H,27,28)/t18-/m0/s1. The van der Waals surface area contributed by atoms with Crippen molar-refractivity contribution < 1.29 is 9.21 Å². The zero-order valence-electron chi connectivity index (χ0n) is 16.5. The quantitative estimate of drug-likeness (QED) is 0.452. The minimum Gasteiger partial charge on any atom is -0.436 e. The number of rotatable bonds is 8. The first-order valence-electron chi connectivity index (χ1n) is 9.80. The second kappa shape index (κ2) is 9.95. The van der Waals surface area contributed by atoms with E-state index in [1.54, 1.807) is 12.1 Å². The summed E-state index contributed by atoms with van der Waals surface area (Å²) in [7, 11) is 0. The van der Waals surface area contributed by atoms with Gasteiger partial charge in [0.1, 0.15) is 0 Å². The number of nitrogens with one attached hydrogen (secondary N) is 1. The molecule has 0 bridgehead atoms. The summed E-state index contributed by atoms with van der Waals surface area (Å²) in [5, 5.41) is 4.39. The molecule has 2 aromatic carbocycles. The Morgan fingerprint density at radius 3 is 2.55 bits per heavy atom. The summed E-state index contributed by atoms with van der Waals surface area (Å²) < 4.78 is 5.46. The Morgan fingerprint density at radius 1 is 1.14 bits per heavy atom. The molecule has 0 aliphatic carbocycles. The number of halogens is 2. The molecule has 1 atom stereocenters. The van der Waals surface area contributed by atoms with Gasteiger partial charge in [-0.15, -0.1) is 0 Å². The van der Waals surface area contributed by atoms with Crippen molar-refractivity contribution in [3.05, 3.63) is 75.9 Å². The van der Waals surface area contributed by atoms with Crippen molar-refractivity contribution in [3.8, 4) is 11.1 Å². The molecule has 0 unspecified atom stereocenters. The van der Waals surface area contributed by atoms with Crippen LogP contribution in [-0.4, -0.2) is 16.9 Å². The van der Waals surface area contributed by atoms with Crippen LogP contribution < -0.4 is 5.32 Å². The Balaban J connectivity index is 1.70. The van der Waals surface area contributed by atoms with Gasteiger partial charge in [0.15, 0.2) is 5.89 Å². The third-order valence-electron chi connectivity index (χ3n) is 4.73. The summed E-state index contributed by atoms with van der Waals surface area (Å²) in [6.07, 6.45) is 4.73. The number of carbonyl (C=O) groups is 1. The van der Waals surface area contributed by atoms with Crippen LogP contribution in [0.15, 0.2) is 53.1 Å². The second-order valence-electron chi connectivity index (χ2n) is 6.96. The van der Waals surface area contributed by atoms with Crippen LogP contribution in [0.25, 0.3) is 11.1 Å². The lowest BCUT2D eigenvalue weighted by Gasteiger charge is -2.18.